The van der Waals surface area contributed by atoms with Crippen LogP contribution in [0.4, 0.5) is 0 Å². The summed E-state index contributed by atoms with van der Waals surface area (Å²) < 4.78 is 22.5. The molecule has 30 heavy (non-hydrogen) atoms. The van der Waals surface area contributed by atoms with Gasteiger partial charge in [0.05, 0.1) is 7.11 Å². The molecule has 0 amide bonds. The summed E-state index contributed by atoms with van der Waals surface area (Å²) >= 11 is 0. The van der Waals surface area contributed by atoms with E-state index in [-0.39, 0.29) is 12.5 Å². The van der Waals surface area contributed by atoms with E-state index in [1.807, 2.05) is 80.6 Å². The average molecular weight is 406 g/mol. The third kappa shape index (κ3) is 6.01. The fourth-order valence-corrected chi connectivity index (χ4v) is 2.84. The lowest BCUT2D eigenvalue weighted by atomic mass is 10.1. The molecule has 3 aromatic rings. The number of carbonyl (C=O) groups is 1. The van der Waals surface area contributed by atoms with Crippen LogP contribution in [-0.4, -0.2) is 19.2 Å². The van der Waals surface area contributed by atoms with Crippen LogP contribution in [0, 0.1) is 5.92 Å². The molecule has 1 unspecified atom stereocenters. The number of esters is 1. The summed E-state index contributed by atoms with van der Waals surface area (Å²) in [5.41, 5.74) is 0.834. The van der Waals surface area contributed by atoms with Crippen molar-refractivity contribution in [2.24, 2.45) is 5.92 Å². The lowest BCUT2D eigenvalue weighted by molar-refractivity contribution is -0.155. The monoisotopic (exact) mass is 406 g/mol. The van der Waals surface area contributed by atoms with Gasteiger partial charge in [-0.25, -0.2) is 4.79 Å². The van der Waals surface area contributed by atoms with Gasteiger partial charge < -0.3 is 18.9 Å². The van der Waals surface area contributed by atoms with Gasteiger partial charge in [0.2, 0.25) is 0 Å². The van der Waals surface area contributed by atoms with Crippen LogP contribution in [0.25, 0.3) is 0 Å². The molecule has 1 atom stereocenters. The van der Waals surface area contributed by atoms with Gasteiger partial charge in [-0.15, -0.1) is 0 Å². The van der Waals surface area contributed by atoms with Crippen molar-refractivity contribution in [3.05, 3.63) is 84.4 Å². The first-order valence-corrected chi connectivity index (χ1v) is 9.84. The molecule has 0 saturated carbocycles. The Morgan fingerprint density at radius 2 is 1.47 bits per heavy atom. The van der Waals surface area contributed by atoms with Crippen molar-refractivity contribution >= 4 is 5.97 Å². The Bertz CT molecular complexity index is 953. The van der Waals surface area contributed by atoms with Gasteiger partial charge >= 0.3 is 5.97 Å². The van der Waals surface area contributed by atoms with Crippen LogP contribution in [0.2, 0.25) is 0 Å². The molecule has 0 spiro atoms. The topological polar surface area (TPSA) is 54.0 Å². The Balaban J connectivity index is 1.62. The van der Waals surface area contributed by atoms with E-state index in [0.29, 0.717) is 17.2 Å². The number of carbonyl (C=O) groups excluding carboxylic acids is 1. The van der Waals surface area contributed by atoms with Crippen LogP contribution < -0.4 is 14.2 Å². The summed E-state index contributed by atoms with van der Waals surface area (Å²) in [6.07, 6.45) is -0.721. The van der Waals surface area contributed by atoms with Crippen molar-refractivity contribution in [2.45, 2.75) is 26.6 Å². The Labute approximate surface area is 177 Å². The molecule has 0 fully saturated rings. The van der Waals surface area contributed by atoms with Crippen molar-refractivity contribution in [1.82, 2.24) is 0 Å². The predicted molar refractivity (Wildman–Crippen MR) is 115 cm³/mol. The summed E-state index contributed by atoms with van der Waals surface area (Å²) in [5.74, 6) is 2.18. The molecule has 0 heterocycles. The molecule has 5 nitrogen and oxygen atoms in total. The second kappa shape index (κ2) is 10.3. The molecule has 0 radical (unpaired) electrons. The van der Waals surface area contributed by atoms with Crippen molar-refractivity contribution in [2.75, 3.05) is 7.11 Å². The Morgan fingerprint density at radius 1 is 0.800 bits per heavy atom. The van der Waals surface area contributed by atoms with Crippen LogP contribution in [0.1, 0.15) is 19.4 Å². The van der Waals surface area contributed by atoms with Crippen LogP contribution in [0.3, 0.4) is 0 Å². The average Bonchev–Trinajstić information content (AvgIpc) is 2.77. The van der Waals surface area contributed by atoms with Gasteiger partial charge in [0.15, 0.2) is 6.10 Å². The van der Waals surface area contributed by atoms with E-state index in [4.69, 9.17) is 18.9 Å². The third-order valence-electron chi connectivity index (χ3n) is 4.40. The standard InChI is InChI=1S/C25H26O5/c1-18(2)24(30-23-14-8-12-21(16-23)27-3)25(26)28-17-19-9-7-13-22(15-19)29-20-10-5-4-6-11-20/h4-16,18,24H,17H2,1-3H3. The first kappa shape index (κ1) is 21.2. The van der Waals surface area contributed by atoms with E-state index in [0.717, 1.165) is 11.3 Å². The maximum Gasteiger partial charge on any atom is 0.347 e. The summed E-state index contributed by atoms with van der Waals surface area (Å²) in [7, 11) is 1.59. The smallest absolute Gasteiger partial charge is 0.347 e. The fraction of sp³-hybridized carbons (Fsp3) is 0.240. The lowest BCUT2D eigenvalue weighted by Gasteiger charge is -2.21. The molecule has 0 aliphatic rings. The minimum atomic E-state index is -0.721. The van der Waals surface area contributed by atoms with E-state index in [9.17, 15) is 4.79 Å². The Kier molecular flexibility index (Phi) is 7.33. The minimum Gasteiger partial charge on any atom is -0.497 e. The Hall–Kier alpha value is -3.47. The van der Waals surface area contributed by atoms with E-state index < -0.39 is 12.1 Å². The zero-order valence-electron chi connectivity index (χ0n) is 17.4. The van der Waals surface area contributed by atoms with E-state index in [2.05, 4.69) is 0 Å². The molecule has 0 N–H and O–H groups in total. The first-order chi connectivity index (χ1) is 14.5. The van der Waals surface area contributed by atoms with Crippen molar-refractivity contribution in [1.29, 1.82) is 0 Å². The van der Waals surface area contributed by atoms with Crippen LogP contribution in [0.5, 0.6) is 23.0 Å². The highest BCUT2D eigenvalue weighted by atomic mass is 16.6. The maximum atomic E-state index is 12.7. The molecule has 3 aromatic carbocycles. The highest BCUT2D eigenvalue weighted by Gasteiger charge is 2.26. The summed E-state index contributed by atoms with van der Waals surface area (Å²) in [4.78, 5) is 12.7. The zero-order chi connectivity index (χ0) is 21.3. The number of hydrogen-bond donors (Lipinski definition) is 0. The quantitative estimate of drug-likeness (QED) is 0.431. The zero-order valence-corrected chi connectivity index (χ0v) is 17.4. The van der Waals surface area contributed by atoms with Gasteiger partial charge in [-0.3, -0.25) is 0 Å². The van der Waals surface area contributed by atoms with E-state index >= 15 is 0 Å². The first-order valence-electron chi connectivity index (χ1n) is 9.84. The molecular weight excluding hydrogens is 380 g/mol. The number of hydrogen-bond acceptors (Lipinski definition) is 5. The number of methoxy groups -OCH3 is 1. The fourth-order valence-electron chi connectivity index (χ4n) is 2.84. The summed E-state index contributed by atoms with van der Waals surface area (Å²) in [6.45, 7) is 3.97. The second-order valence-electron chi connectivity index (χ2n) is 7.13. The van der Waals surface area contributed by atoms with Gasteiger partial charge in [-0.05, 0) is 42.0 Å². The number of benzene rings is 3. The van der Waals surface area contributed by atoms with Crippen LogP contribution >= 0.6 is 0 Å². The molecule has 0 aliphatic heterocycles. The SMILES string of the molecule is COc1cccc(OC(C(=O)OCc2cccc(Oc3ccccc3)c2)C(C)C)c1. The molecule has 5 heteroatoms. The number of para-hydroxylation sites is 1. The maximum absolute atomic E-state index is 12.7. The molecule has 0 aliphatic carbocycles. The predicted octanol–water partition coefficient (Wildman–Crippen LogP) is 5.63. The molecule has 0 bridgehead atoms. The van der Waals surface area contributed by atoms with Gasteiger partial charge in [-0.1, -0.05) is 50.2 Å². The van der Waals surface area contributed by atoms with Gasteiger partial charge in [0.1, 0.15) is 29.6 Å². The highest BCUT2D eigenvalue weighted by molar-refractivity contribution is 5.75. The van der Waals surface area contributed by atoms with Crippen LogP contribution in [-0.2, 0) is 16.1 Å². The second-order valence-corrected chi connectivity index (χ2v) is 7.13. The Morgan fingerprint density at radius 3 is 2.20 bits per heavy atom. The molecular formula is C25H26O5. The molecule has 0 saturated heterocycles. The van der Waals surface area contributed by atoms with E-state index in [1.54, 1.807) is 19.2 Å². The largest absolute Gasteiger partial charge is 0.497 e. The summed E-state index contributed by atoms with van der Waals surface area (Å²) in [5, 5.41) is 0. The van der Waals surface area contributed by atoms with Gasteiger partial charge in [-0.2, -0.15) is 0 Å². The third-order valence-corrected chi connectivity index (χ3v) is 4.40. The minimum absolute atomic E-state index is 0.0588. The lowest BCUT2D eigenvalue weighted by Crippen LogP contribution is -2.34. The highest BCUT2D eigenvalue weighted by Crippen LogP contribution is 2.24. The van der Waals surface area contributed by atoms with E-state index in [1.165, 1.54) is 0 Å². The number of rotatable bonds is 9. The summed E-state index contributed by atoms with van der Waals surface area (Å²) in [6, 6.07) is 24.2. The normalized spacial score (nSPS) is 11.6. The molecule has 0 aromatic heterocycles. The van der Waals surface area contributed by atoms with Crippen molar-refractivity contribution in [3.63, 3.8) is 0 Å². The van der Waals surface area contributed by atoms with Crippen molar-refractivity contribution < 1.29 is 23.7 Å². The molecule has 156 valence electrons. The van der Waals surface area contributed by atoms with Crippen molar-refractivity contribution in [3.8, 4) is 23.0 Å². The van der Waals surface area contributed by atoms with Crippen LogP contribution in [0.15, 0.2) is 78.9 Å². The molecule has 3 rings (SSSR count). The number of ether oxygens (including phenoxy) is 4. The van der Waals surface area contributed by atoms with Gasteiger partial charge in [0.25, 0.3) is 0 Å². The van der Waals surface area contributed by atoms with Gasteiger partial charge in [0, 0.05) is 12.0 Å².